The minimum absolute atomic E-state index is 0.346. The van der Waals surface area contributed by atoms with E-state index < -0.39 is 0 Å². The molecule has 0 amide bonds. The fourth-order valence-corrected chi connectivity index (χ4v) is 1.98. The van der Waals surface area contributed by atoms with Crippen molar-refractivity contribution in [2.24, 2.45) is 0 Å². The Kier molecular flexibility index (Phi) is 4.36. The second-order valence-corrected chi connectivity index (χ2v) is 4.17. The lowest BCUT2D eigenvalue weighted by atomic mass is 10.1. The molecule has 1 aliphatic heterocycles. The number of ether oxygens (including phenoxy) is 1. The first-order valence-corrected chi connectivity index (χ1v) is 6.13. The maximum Gasteiger partial charge on any atom is 0.225 e. The molecule has 1 fully saturated rings. The highest BCUT2D eigenvalue weighted by Gasteiger charge is 2.20. The Morgan fingerprint density at radius 2 is 2.00 bits per heavy atom. The SMILES string of the molecule is ClCCOC1CCN(c2ncccn2)CC1. The number of hydrogen-bond acceptors (Lipinski definition) is 4. The van der Waals surface area contributed by atoms with Crippen LogP contribution in [-0.2, 0) is 4.74 Å². The Balaban J connectivity index is 1.81. The zero-order chi connectivity index (χ0) is 11.2. The molecule has 0 aromatic carbocycles. The van der Waals surface area contributed by atoms with Gasteiger partial charge in [-0.1, -0.05) is 0 Å². The van der Waals surface area contributed by atoms with Crippen molar-refractivity contribution in [1.29, 1.82) is 0 Å². The molecule has 2 heterocycles. The third-order valence-corrected chi connectivity index (χ3v) is 2.86. The van der Waals surface area contributed by atoms with Gasteiger partial charge in [-0.15, -0.1) is 11.6 Å². The molecule has 0 atom stereocenters. The van der Waals surface area contributed by atoms with Gasteiger partial charge in [0.05, 0.1) is 12.7 Å². The van der Waals surface area contributed by atoms with Crippen molar-refractivity contribution in [2.45, 2.75) is 18.9 Å². The Labute approximate surface area is 101 Å². The van der Waals surface area contributed by atoms with E-state index in [1.165, 1.54) is 0 Å². The Bertz CT molecular complexity index is 301. The monoisotopic (exact) mass is 241 g/mol. The van der Waals surface area contributed by atoms with E-state index in [-0.39, 0.29) is 0 Å². The standard InChI is InChI=1S/C11H16ClN3O/c12-4-9-16-10-2-7-15(8-3-10)11-13-5-1-6-14-11/h1,5-6,10H,2-4,7-9H2. The molecule has 0 radical (unpaired) electrons. The van der Waals surface area contributed by atoms with E-state index in [9.17, 15) is 0 Å². The number of piperidine rings is 1. The van der Waals surface area contributed by atoms with Gasteiger partial charge in [0.2, 0.25) is 5.95 Å². The van der Waals surface area contributed by atoms with Crippen LogP contribution in [-0.4, -0.2) is 41.6 Å². The lowest BCUT2D eigenvalue weighted by molar-refractivity contribution is 0.0470. The molecule has 0 aliphatic carbocycles. The summed E-state index contributed by atoms with van der Waals surface area (Å²) in [5, 5.41) is 0. The molecule has 0 N–H and O–H groups in total. The molecule has 88 valence electrons. The van der Waals surface area contributed by atoms with Crippen LogP contribution in [0.1, 0.15) is 12.8 Å². The smallest absolute Gasteiger partial charge is 0.225 e. The first-order valence-electron chi connectivity index (χ1n) is 5.59. The summed E-state index contributed by atoms with van der Waals surface area (Å²) >= 11 is 5.59. The summed E-state index contributed by atoms with van der Waals surface area (Å²) in [6.07, 6.45) is 5.94. The number of anilines is 1. The van der Waals surface area contributed by atoms with Gasteiger partial charge in [-0.3, -0.25) is 0 Å². The molecule has 4 nitrogen and oxygen atoms in total. The van der Waals surface area contributed by atoms with E-state index in [0.29, 0.717) is 18.6 Å². The number of nitrogens with zero attached hydrogens (tertiary/aromatic N) is 3. The van der Waals surface area contributed by atoms with Gasteiger partial charge in [-0.05, 0) is 18.9 Å². The summed E-state index contributed by atoms with van der Waals surface area (Å²) < 4.78 is 5.62. The first kappa shape index (κ1) is 11.6. The third kappa shape index (κ3) is 3.06. The zero-order valence-corrected chi connectivity index (χ0v) is 9.94. The molecule has 16 heavy (non-hydrogen) atoms. The number of aromatic nitrogens is 2. The summed E-state index contributed by atoms with van der Waals surface area (Å²) in [5.41, 5.74) is 0. The molecular formula is C11H16ClN3O. The fourth-order valence-electron chi connectivity index (χ4n) is 1.89. The Hall–Kier alpha value is -0.870. The van der Waals surface area contributed by atoms with Crippen LogP contribution in [0.25, 0.3) is 0 Å². The van der Waals surface area contributed by atoms with Gasteiger partial charge >= 0.3 is 0 Å². The summed E-state index contributed by atoms with van der Waals surface area (Å²) in [6, 6.07) is 1.83. The number of rotatable bonds is 4. The van der Waals surface area contributed by atoms with Crippen LogP contribution >= 0.6 is 11.6 Å². The van der Waals surface area contributed by atoms with Crippen LogP contribution in [0.3, 0.4) is 0 Å². The van der Waals surface area contributed by atoms with Crippen molar-refractivity contribution in [1.82, 2.24) is 9.97 Å². The van der Waals surface area contributed by atoms with Crippen molar-refractivity contribution in [3.05, 3.63) is 18.5 Å². The van der Waals surface area contributed by atoms with Crippen molar-refractivity contribution in [2.75, 3.05) is 30.5 Å². The van der Waals surface area contributed by atoms with Gasteiger partial charge in [0.1, 0.15) is 0 Å². The molecule has 1 saturated heterocycles. The van der Waals surface area contributed by atoms with Gasteiger partial charge in [0.15, 0.2) is 0 Å². The lowest BCUT2D eigenvalue weighted by Crippen LogP contribution is -2.38. The summed E-state index contributed by atoms with van der Waals surface area (Å²) in [4.78, 5) is 10.7. The van der Waals surface area contributed by atoms with Crippen LogP contribution in [0.2, 0.25) is 0 Å². The molecule has 0 unspecified atom stereocenters. The quantitative estimate of drug-likeness (QED) is 0.753. The molecule has 1 aromatic heterocycles. The third-order valence-electron chi connectivity index (χ3n) is 2.71. The minimum Gasteiger partial charge on any atom is -0.377 e. The van der Waals surface area contributed by atoms with Crippen LogP contribution in [0, 0.1) is 0 Å². The van der Waals surface area contributed by atoms with Crippen LogP contribution < -0.4 is 4.90 Å². The predicted octanol–water partition coefficient (Wildman–Crippen LogP) is 1.70. The second-order valence-electron chi connectivity index (χ2n) is 3.79. The molecule has 0 spiro atoms. The molecule has 0 bridgehead atoms. The predicted molar refractivity (Wildman–Crippen MR) is 63.9 cm³/mol. The Morgan fingerprint density at radius 3 is 2.62 bits per heavy atom. The maximum atomic E-state index is 5.62. The number of halogens is 1. The van der Waals surface area contributed by atoms with E-state index in [1.54, 1.807) is 12.4 Å². The topological polar surface area (TPSA) is 38.2 Å². The molecule has 1 aliphatic rings. The summed E-state index contributed by atoms with van der Waals surface area (Å²) in [7, 11) is 0. The average Bonchev–Trinajstić information content (AvgIpc) is 2.38. The van der Waals surface area contributed by atoms with Gasteiger partial charge in [-0.25, -0.2) is 9.97 Å². The van der Waals surface area contributed by atoms with Crippen molar-refractivity contribution in [3.63, 3.8) is 0 Å². The highest BCUT2D eigenvalue weighted by molar-refractivity contribution is 6.17. The number of hydrogen-bond donors (Lipinski definition) is 0. The minimum atomic E-state index is 0.346. The average molecular weight is 242 g/mol. The second kappa shape index (κ2) is 6.01. The van der Waals surface area contributed by atoms with Gasteiger partial charge < -0.3 is 9.64 Å². The first-order chi connectivity index (χ1) is 7.90. The maximum absolute atomic E-state index is 5.62. The van der Waals surface area contributed by atoms with Gasteiger partial charge in [0, 0.05) is 31.4 Å². The van der Waals surface area contributed by atoms with Crippen LogP contribution in [0.4, 0.5) is 5.95 Å². The van der Waals surface area contributed by atoms with Crippen molar-refractivity contribution in [3.8, 4) is 0 Å². The largest absolute Gasteiger partial charge is 0.377 e. The van der Waals surface area contributed by atoms with E-state index in [4.69, 9.17) is 16.3 Å². The molecule has 2 rings (SSSR count). The number of alkyl halides is 1. The molecule has 5 heteroatoms. The Morgan fingerprint density at radius 1 is 1.31 bits per heavy atom. The summed E-state index contributed by atoms with van der Waals surface area (Å²) in [5.74, 6) is 1.39. The van der Waals surface area contributed by atoms with Crippen LogP contribution in [0.5, 0.6) is 0 Å². The highest BCUT2D eigenvalue weighted by Crippen LogP contribution is 2.17. The fraction of sp³-hybridized carbons (Fsp3) is 0.636. The van der Waals surface area contributed by atoms with Crippen molar-refractivity contribution < 1.29 is 4.74 Å². The van der Waals surface area contributed by atoms with Crippen LogP contribution in [0.15, 0.2) is 18.5 Å². The molecular weight excluding hydrogens is 226 g/mol. The molecule has 1 aromatic rings. The van der Waals surface area contributed by atoms with Crippen molar-refractivity contribution >= 4 is 17.5 Å². The van der Waals surface area contributed by atoms with Gasteiger partial charge in [0.25, 0.3) is 0 Å². The zero-order valence-electron chi connectivity index (χ0n) is 9.18. The lowest BCUT2D eigenvalue weighted by Gasteiger charge is -2.31. The van der Waals surface area contributed by atoms with E-state index in [0.717, 1.165) is 31.9 Å². The van der Waals surface area contributed by atoms with E-state index >= 15 is 0 Å². The van der Waals surface area contributed by atoms with E-state index in [1.807, 2.05) is 6.07 Å². The van der Waals surface area contributed by atoms with E-state index in [2.05, 4.69) is 14.9 Å². The summed E-state index contributed by atoms with van der Waals surface area (Å²) in [6.45, 7) is 2.56. The highest BCUT2D eigenvalue weighted by atomic mass is 35.5. The molecule has 0 saturated carbocycles. The normalized spacial score (nSPS) is 17.7. The van der Waals surface area contributed by atoms with Gasteiger partial charge in [-0.2, -0.15) is 0 Å².